The Kier molecular flexibility index (Phi) is 10.2. The topological polar surface area (TPSA) is 381 Å². The summed E-state index contributed by atoms with van der Waals surface area (Å²) in [5.41, 5.74) is 0. The number of carbonyl (C=O) groups is 3. The van der Waals surface area contributed by atoms with E-state index in [-0.39, 0.29) is 31.2 Å². The number of hydrogen-bond acceptors (Lipinski definition) is 21. The number of tetrazole rings is 3. The van der Waals surface area contributed by atoms with Gasteiger partial charge in [-0.25, -0.2) is 0 Å². The summed E-state index contributed by atoms with van der Waals surface area (Å²) in [5.74, 6) is -8.20. The van der Waals surface area contributed by atoms with Gasteiger partial charge < -0.3 is 60.0 Å². The van der Waals surface area contributed by atoms with Crippen molar-refractivity contribution < 1.29 is 61.6 Å². The molecule has 0 atom stereocenters. The molecule has 3 heterocycles. The number of hydrogen-bond donors (Lipinski definition) is 0. The summed E-state index contributed by atoms with van der Waals surface area (Å²) < 4.78 is 0. The molecule has 34 heavy (non-hydrogen) atoms. The van der Waals surface area contributed by atoms with Crippen LogP contribution in [0.3, 0.4) is 0 Å². The Morgan fingerprint density at radius 2 is 0.765 bits per heavy atom. The van der Waals surface area contributed by atoms with Crippen molar-refractivity contribution in [2.75, 3.05) is 0 Å². The fourth-order valence-electron chi connectivity index (χ4n) is 1.25. The molecule has 0 fully saturated rings. The van der Waals surface area contributed by atoms with Gasteiger partial charge in [-0.05, 0) is 0 Å². The zero-order valence-corrected chi connectivity index (χ0v) is 16.0. The van der Waals surface area contributed by atoms with Crippen LogP contribution in [-0.4, -0.2) is 94.0 Å². The molecule has 0 aliphatic rings. The van der Waals surface area contributed by atoms with Gasteiger partial charge in [0.2, 0.25) is 15.6 Å². The second kappa shape index (κ2) is 12.2. The Morgan fingerprint density at radius 1 is 0.559 bits per heavy atom. The molecule has 0 radical (unpaired) electrons. The first kappa shape index (κ1) is 28.3. The molecule has 0 N–H and O–H groups in total. The first-order valence-corrected chi connectivity index (χ1v) is 6.81. The second-order valence-corrected chi connectivity index (χ2v) is 4.25. The van der Waals surface area contributed by atoms with Gasteiger partial charge in [0.25, 0.3) is 17.5 Å². The van der Waals surface area contributed by atoms with Crippen LogP contribution >= 0.6 is 0 Å². The van der Waals surface area contributed by atoms with Gasteiger partial charge in [-0.1, -0.05) is 15.3 Å². The van der Waals surface area contributed by atoms with Crippen molar-refractivity contribution in [2.24, 2.45) is 0 Å². The average molecular weight is 533 g/mol. The summed E-state index contributed by atoms with van der Waals surface area (Å²) in [7, 11) is 0. The minimum atomic E-state index is -1.80. The predicted octanol–water partition coefficient (Wildman–Crippen LogP) is -8.77. The average Bonchev–Trinajstić information content (AvgIpc) is 3.48. The smallest absolute Gasteiger partial charge is 0.541 e. The summed E-state index contributed by atoms with van der Waals surface area (Å²) in [6.45, 7) is 0. The third kappa shape index (κ3) is 7.23. The Labute approximate surface area is 189 Å². The number of rotatable bonds is 6. The van der Waals surface area contributed by atoms with Crippen LogP contribution in [0.15, 0.2) is 0 Å². The molecule has 0 aliphatic carbocycles. The van der Waals surface area contributed by atoms with E-state index >= 15 is 0 Å². The SMILES string of the molecule is O=C([O-])c1nnnn1[N+](=O)[O-].O=C([O-])c1nnnn1[N+](=O)[O-].O=C([O-])c1nnnn1[N+](=O)[O-].[Co+3]. The van der Waals surface area contributed by atoms with Crippen molar-refractivity contribution in [3.63, 3.8) is 0 Å². The fourth-order valence-corrected chi connectivity index (χ4v) is 1.25. The Balaban J connectivity index is 0.000000473. The van der Waals surface area contributed by atoms with E-state index in [1.807, 2.05) is 0 Å². The minimum Gasteiger partial charge on any atom is -0.541 e. The molecular weight excluding hydrogens is 533 g/mol. The molecule has 3 rings (SSSR count). The van der Waals surface area contributed by atoms with Crippen LogP contribution in [0.5, 0.6) is 0 Å². The second-order valence-electron chi connectivity index (χ2n) is 4.25. The molecule has 0 saturated heterocycles. The van der Waals surface area contributed by atoms with Gasteiger partial charge in [-0.3, -0.25) is 0 Å². The molecule has 0 saturated carbocycles. The number of aromatic carboxylic acids is 3. The van der Waals surface area contributed by atoms with Crippen LogP contribution in [0.25, 0.3) is 0 Å². The van der Waals surface area contributed by atoms with Crippen LogP contribution in [0.4, 0.5) is 0 Å². The van der Waals surface area contributed by atoms with E-state index < -0.39 is 50.5 Å². The maximum atomic E-state index is 10.0. The molecular formula is C6CoN15O12. The summed E-state index contributed by atoms with van der Waals surface area (Å²) in [5, 5.41) is 81.7. The van der Waals surface area contributed by atoms with E-state index in [9.17, 15) is 60.0 Å². The van der Waals surface area contributed by atoms with Crippen LogP contribution in [0.2, 0.25) is 0 Å². The Bertz CT molecular complexity index is 979. The van der Waals surface area contributed by atoms with Crippen LogP contribution in [-0.2, 0) is 16.8 Å². The van der Waals surface area contributed by atoms with Crippen LogP contribution < -0.4 is 15.3 Å². The molecule has 180 valence electrons. The quantitative estimate of drug-likeness (QED) is 0.209. The Morgan fingerprint density at radius 3 is 0.882 bits per heavy atom. The van der Waals surface area contributed by atoms with E-state index in [0.29, 0.717) is 0 Å². The molecule has 27 nitrogen and oxygen atoms in total. The Hall–Kier alpha value is -5.67. The minimum absolute atomic E-state index is 0. The van der Waals surface area contributed by atoms with Crippen molar-refractivity contribution >= 4 is 17.9 Å². The molecule has 3 aromatic heterocycles. The van der Waals surface area contributed by atoms with Gasteiger partial charge in [-0.15, -0.1) is 0 Å². The number of nitro groups is 3. The zero-order valence-electron chi connectivity index (χ0n) is 14.9. The number of aromatic nitrogens is 12. The first-order valence-electron chi connectivity index (χ1n) is 6.81. The van der Waals surface area contributed by atoms with Crippen LogP contribution in [0, 0.1) is 30.3 Å². The summed E-state index contributed by atoms with van der Waals surface area (Å²) in [4.78, 5) is 59.5. The molecule has 0 unspecified atom stereocenters. The zero-order chi connectivity index (χ0) is 25.3. The van der Waals surface area contributed by atoms with Crippen molar-refractivity contribution in [3.8, 4) is 0 Å². The van der Waals surface area contributed by atoms with Crippen molar-refractivity contribution in [1.82, 2.24) is 60.9 Å². The summed E-state index contributed by atoms with van der Waals surface area (Å²) in [6, 6.07) is 0. The van der Waals surface area contributed by atoms with Gasteiger partial charge in [0, 0.05) is 0 Å². The van der Waals surface area contributed by atoms with Crippen LogP contribution in [0.1, 0.15) is 31.9 Å². The van der Waals surface area contributed by atoms with Crippen molar-refractivity contribution in [2.45, 2.75) is 0 Å². The van der Waals surface area contributed by atoms with E-state index in [2.05, 4.69) is 46.6 Å². The normalized spacial score (nSPS) is 9.18. The number of nitrogens with zero attached hydrogens (tertiary/aromatic N) is 15. The van der Waals surface area contributed by atoms with Crippen molar-refractivity contribution in [3.05, 3.63) is 47.8 Å². The predicted molar refractivity (Wildman–Crippen MR) is 73.6 cm³/mol. The standard InChI is InChI=1S/3C2HN5O4.Co/c3*8-2(9)1-3-4-5-6(1)7(10)11;/h3*(H,8,9);/q;;;+3/p-3. The maximum absolute atomic E-state index is 10.0. The number of carboxylic acids is 3. The monoisotopic (exact) mass is 533 g/mol. The molecule has 0 spiro atoms. The first-order chi connectivity index (χ1) is 15.4. The summed E-state index contributed by atoms with van der Waals surface area (Å²) >= 11 is 0. The number of carbonyl (C=O) groups excluding carboxylic acids is 3. The van der Waals surface area contributed by atoms with E-state index in [0.717, 1.165) is 0 Å². The van der Waals surface area contributed by atoms with Gasteiger partial charge in [0.15, 0.2) is 0 Å². The van der Waals surface area contributed by atoms with Gasteiger partial charge in [-0.2, -0.15) is 0 Å². The third-order valence-corrected chi connectivity index (χ3v) is 2.37. The molecule has 0 amide bonds. The maximum Gasteiger partial charge on any atom is 3.00 e. The van der Waals surface area contributed by atoms with Gasteiger partial charge in [0.1, 0.15) is 33.5 Å². The van der Waals surface area contributed by atoms with Gasteiger partial charge in [0.05, 0.1) is 29.5 Å². The van der Waals surface area contributed by atoms with Crippen molar-refractivity contribution in [1.29, 1.82) is 0 Å². The molecule has 3 aromatic rings. The largest absolute Gasteiger partial charge is 3.00 e. The molecule has 0 bridgehead atoms. The van der Waals surface area contributed by atoms with E-state index in [4.69, 9.17) is 0 Å². The van der Waals surface area contributed by atoms with E-state index in [1.54, 1.807) is 0 Å². The molecule has 28 heteroatoms. The van der Waals surface area contributed by atoms with E-state index in [1.165, 1.54) is 0 Å². The molecule has 0 aromatic carbocycles. The molecule has 0 aliphatic heterocycles. The number of carboxylic acid groups (broad SMARTS) is 3. The third-order valence-electron chi connectivity index (χ3n) is 2.37. The fraction of sp³-hybridized carbons (Fsp3) is 0. The van der Waals surface area contributed by atoms with Gasteiger partial charge >= 0.3 is 16.8 Å². The summed E-state index contributed by atoms with van der Waals surface area (Å²) in [6.07, 6.45) is 0.